The fourth-order valence-electron chi connectivity index (χ4n) is 3.43. The number of nitrogens with zero attached hydrogens (tertiary/aromatic N) is 2. The third kappa shape index (κ3) is 11.6. The van der Waals surface area contributed by atoms with Crippen molar-refractivity contribution in [1.82, 2.24) is 15.2 Å². The predicted octanol–water partition coefficient (Wildman–Crippen LogP) is 7.06. The van der Waals surface area contributed by atoms with E-state index in [0.717, 1.165) is 34.6 Å². The number of halogens is 1. The van der Waals surface area contributed by atoms with Crippen LogP contribution in [0.5, 0.6) is 0 Å². The van der Waals surface area contributed by atoms with Crippen LogP contribution < -0.4 is 10.6 Å². The van der Waals surface area contributed by atoms with Crippen LogP contribution in [-0.2, 0) is 4.79 Å². The molecule has 0 aliphatic rings. The minimum Gasteiger partial charge on any atom is -0.389 e. The minimum absolute atomic E-state index is 0.189. The van der Waals surface area contributed by atoms with E-state index in [2.05, 4.69) is 42.5 Å². The normalized spacial score (nSPS) is 12.0. The molecule has 1 heterocycles. The monoisotopic (exact) mass is 496 g/mol. The quantitative estimate of drug-likeness (QED) is 0.327. The zero-order valence-corrected chi connectivity index (χ0v) is 23.5. The first kappa shape index (κ1) is 31.0. The number of hydrogen-bond donors (Lipinski definition) is 2. The maximum atomic E-state index is 14.1. The fraction of sp³-hybridized carbons (Fsp3) is 0.467. The summed E-state index contributed by atoms with van der Waals surface area (Å²) < 4.78 is 14.1. The molecule has 1 aromatic heterocycles. The molecule has 1 aromatic carbocycles. The molecule has 6 heteroatoms. The van der Waals surface area contributed by atoms with E-state index in [-0.39, 0.29) is 18.1 Å². The summed E-state index contributed by atoms with van der Waals surface area (Å²) in [5.74, 6) is -0.699. The summed E-state index contributed by atoms with van der Waals surface area (Å²) in [6.07, 6.45) is 7.47. The lowest BCUT2D eigenvalue weighted by Gasteiger charge is -2.13. The smallest absolute Gasteiger partial charge is 0.238 e. The number of amides is 1. The van der Waals surface area contributed by atoms with Crippen LogP contribution in [-0.4, -0.2) is 43.0 Å². The Morgan fingerprint density at radius 1 is 1.06 bits per heavy atom. The molecule has 0 radical (unpaired) electrons. The second-order valence-corrected chi connectivity index (χ2v) is 9.35. The summed E-state index contributed by atoms with van der Waals surface area (Å²) in [7, 11) is 3.58. The van der Waals surface area contributed by atoms with E-state index in [1.165, 1.54) is 37.4 Å². The first-order chi connectivity index (χ1) is 17.1. The van der Waals surface area contributed by atoms with Gasteiger partial charge in [0, 0.05) is 17.9 Å². The average molecular weight is 497 g/mol. The summed E-state index contributed by atoms with van der Waals surface area (Å²) in [6.45, 7) is 13.7. The van der Waals surface area contributed by atoms with Crippen LogP contribution in [0, 0.1) is 12.7 Å². The molecule has 0 aliphatic carbocycles. The molecule has 0 aliphatic heterocycles. The summed E-state index contributed by atoms with van der Waals surface area (Å²) in [6, 6.07) is 10.6. The molecule has 36 heavy (non-hydrogen) atoms. The van der Waals surface area contributed by atoms with Crippen LogP contribution in [0.3, 0.4) is 0 Å². The average Bonchev–Trinajstić information content (AvgIpc) is 2.84. The van der Waals surface area contributed by atoms with Crippen molar-refractivity contribution in [3.8, 4) is 0 Å². The number of carbonyl (C=O) groups is 1. The zero-order chi connectivity index (χ0) is 27.1. The van der Waals surface area contributed by atoms with Crippen molar-refractivity contribution in [3.05, 3.63) is 70.9 Å². The third-order valence-corrected chi connectivity index (χ3v) is 5.84. The van der Waals surface area contributed by atoms with Gasteiger partial charge in [0.25, 0.3) is 0 Å². The Morgan fingerprint density at radius 2 is 1.78 bits per heavy atom. The van der Waals surface area contributed by atoms with E-state index in [9.17, 15) is 9.18 Å². The van der Waals surface area contributed by atoms with Crippen LogP contribution in [0.15, 0.2) is 48.2 Å². The second-order valence-electron chi connectivity index (χ2n) is 9.35. The number of rotatable bonds is 11. The third-order valence-electron chi connectivity index (χ3n) is 5.84. The van der Waals surface area contributed by atoms with E-state index in [1.54, 1.807) is 31.1 Å². The van der Waals surface area contributed by atoms with Gasteiger partial charge < -0.3 is 15.5 Å². The number of benzene rings is 1. The molecule has 1 amide bonds. The number of nitrogens with one attached hydrogen (secondary N) is 2. The number of aryl methyl sites for hydroxylation is 1. The van der Waals surface area contributed by atoms with Gasteiger partial charge in [0.1, 0.15) is 5.82 Å². The van der Waals surface area contributed by atoms with Gasteiger partial charge in [-0.1, -0.05) is 44.4 Å². The molecule has 198 valence electrons. The van der Waals surface area contributed by atoms with Gasteiger partial charge in [0.2, 0.25) is 5.91 Å². The van der Waals surface area contributed by atoms with Gasteiger partial charge in [0.15, 0.2) is 0 Å². The standard InChI is InChI=1S/C20H24FN3O.C10H21N/c1-13-7-6-8-18(22-13)15(3)14(2)16-9-10-17(21)19(11-16)23-20(25)12-24(4)5;1-4-6-7-8-9-11-10(3)5-2/h6-11H,12H2,1-5H3,(H,23,25);5,11H,4,6-9H2,1-3H3/b15-14-;10-5+. The highest BCUT2D eigenvalue weighted by Crippen LogP contribution is 2.27. The molecule has 2 N–H and O–H groups in total. The number of anilines is 1. The Kier molecular flexibility index (Phi) is 14.3. The van der Waals surface area contributed by atoms with E-state index in [0.29, 0.717) is 0 Å². The van der Waals surface area contributed by atoms with Gasteiger partial charge in [-0.3, -0.25) is 9.78 Å². The lowest BCUT2D eigenvalue weighted by atomic mass is 9.99. The summed E-state index contributed by atoms with van der Waals surface area (Å²) in [5, 5.41) is 5.98. The van der Waals surface area contributed by atoms with Crippen LogP contribution in [0.2, 0.25) is 0 Å². The van der Waals surface area contributed by atoms with Crippen LogP contribution in [0.1, 0.15) is 77.3 Å². The van der Waals surface area contributed by atoms with Gasteiger partial charge in [-0.25, -0.2) is 4.39 Å². The molecule has 2 rings (SSSR count). The number of pyridine rings is 1. The minimum atomic E-state index is -0.449. The van der Waals surface area contributed by atoms with Gasteiger partial charge >= 0.3 is 0 Å². The van der Waals surface area contributed by atoms with E-state index < -0.39 is 5.82 Å². The zero-order valence-electron chi connectivity index (χ0n) is 23.5. The molecule has 0 saturated carbocycles. The molecule has 0 fully saturated rings. The second kappa shape index (κ2) is 16.6. The number of carbonyl (C=O) groups excluding carboxylic acids is 1. The lowest BCUT2D eigenvalue weighted by molar-refractivity contribution is -0.116. The van der Waals surface area contributed by atoms with Gasteiger partial charge in [-0.05, 0) is 96.1 Å². The molecule has 5 nitrogen and oxygen atoms in total. The summed E-state index contributed by atoms with van der Waals surface area (Å²) >= 11 is 0. The van der Waals surface area contributed by atoms with Crippen LogP contribution in [0.25, 0.3) is 11.1 Å². The van der Waals surface area contributed by atoms with Crippen molar-refractivity contribution in [1.29, 1.82) is 0 Å². The first-order valence-electron chi connectivity index (χ1n) is 12.8. The number of allylic oxidation sites excluding steroid dienone is 4. The molecule has 0 unspecified atom stereocenters. The number of aromatic nitrogens is 1. The predicted molar refractivity (Wildman–Crippen MR) is 152 cm³/mol. The maximum Gasteiger partial charge on any atom is 0.238 e. The lowest BCUT2D eigenvalue weighted by Crippen LogP contribution is -2.27. The topological polar surface area (TPSA) is 57.3 Å². The highest BCUT2D eigenvalue weighted by atomic mass is 19.1. The Labute approximate surface area is 217 Å². The molecule has 0 atom stereocenters. The number of likely N-dealkylation sites (N-methyl/N-ethyl adjacent to an activating group) is 1. The van der Waals surface area contributed by atoms with Crippen molar-refractivity contribution in [2.45, 2.75) is 67.2 Å². The van der Waals surface area contributed by atoms with Crippen molar-refractivity contribution < 1.29 is 9.18 Å². The Balaban J connectivity index is 0.000000497. The molecular formula is C30H45FN4O. The number of unbranched alkanes of at least 4 members (excludes halogenated alkanes) is 3. The van der Waals surface area contributed by atoms with Crippen LogP contribution >= 0.6 is 0 Å². The summed E-state index contributed by atoms with van der Waals surface area (Å²) in [5.41, 5.74) is 6.17. The van der Waals surface area contributed by atoms with Crippen LogP contribution in [0.4, 0.5) is 10.1 Å². The molecule has 2 aromatic rings. The molecule has 0 bridgehead atoms. The van der Waals surface area contributed by atoms with Gasteiger partial charge in [-0.15, -0.1) is 0 Å². The first-order valence-corrected chi connectivity index (χ1v) is 12.8. The van der Waals surface area contributed by atoms with Gasteiger partial charge in [-0.2, -0.15) is 0 Å². The van der Waals surface area contributed by atoms with Gasteiger partial charge in [0.05, 0.1) is 17.9 Å². The molecule has 0 saturated heterocycles. The van der Waals surface area contributed by atoms with E-state index >= 15 is 0 Å². The Hall–Kier alpha value is -2.99. The van der Waals surface area contributed by atoms with E-state index in [4.69, 9.17) is 0 Å². The highest BCUT2D eigenvalue weighted by Gasteiger charge is 2.11. The van der Waals surface area contributed by atoms with Crippen molar-refractivity contribution >= 4 is 22.7 Å². The van der Waals surface area contributed by atoms with Crippen molar-refractivity contribution in [2.75, 3.05) is 32.5 Å². The Bertz CT molecular complexity index is 1030. The van der Waals surface area contributed by atoms with Crippen molar-refractivity contribution in [2.24, 2.45) is 0 Å². The summed E-state index contributed by atoms with van der Waals surface area (Å²) in [4.78, 5) is 18.2. The maximum absolute atomic E-state index is 14.1. The largest absolute Gasteiger partial charge is 0.389 e. The Morgan fingerprint density at radius 3 is 2.39 bits per heavy atom. The van der Waals surface area contributed by atoms with Crippen molar-refractivity contribution in [3.63, 3.8) is 0 Å². The van der Waals surface area contributed by atoms with E-state index in [1.807, 2.05) is 39.0 Å². The molecule has 0 spiro atoms. The SMILES string of the molecule is C/C(=C(\C)c1cccc(C)n1)c1ccc(F)c(NC(=O)CN(C)C)c1.C/C=C(\C)NCCCCCC. The fourth-order valence-corrected chi connectivity index (χ4v) is 3.43. The highest BCUT2D eigenvalue weighted by molar-refractivity contribution is 5.94. The molecular weight excluding hydrogens is 451 g/mol. The number of hydrogen-bond acceptors (Lipinski definition) is 4.